The van der Waals surface area contributed by atoms with Crippen molar-refractivity contribution in [1.29, 1.82) is 0 Å². The minimum absolute atomic E-state index is 0.0381. The van der Waals surface area contributed by atoms with E-state index in [1.54, 1.807) is 0 Å². The molecule has 2 aliphatic rings. The SMILES string of the molecule is CN(c1cc2c3c(c1)-n1c4ccccc4c4cc(-c5ccccc5-c5ccc(-c6ccccc6)cc5)cc(c41)B3c1cc(-c3ccccc3-c3ccc(-c4ccccc4)cc3)ccc1N2c1ccccc1)c1cc(C(C)(C)C)ccc1-c1ccc(C(C)(C)C)cc1. The maximum atomic E-state index is 2.62. The van der Waals surface area contributed by atoms with Gasteiger partial charge < -0.3 is 14.4 Å². The summed E-state index contributed by atoms with van der Waals surface area (Å²) >= 11 is 0. The monoisotopic (exact) mass is 1170 g/mol. The van der Waals surface area contributed by atoms with Gasteiger partial charge in [-0.3, -0.25) is 0 Å². The van der Waals surface area contributed by atoms with Crippen LogP contribution in [0.2, 0.25) is 0 Å². The van der Waals surface area contributed by atoms with Crippen molar-refractivity contribution in [3.8, 4) is 83.6 Å². The molecule has 0 saturated carbocycles. The van der Waals surface area contributed by atoms with Crippen LogP contribution in [0.5, 0.6) is 0 Å². The van der Waals surface area contributed by atoms with Gasteiger partial charge in [0, 0.05) is 63.0 Å². The van der Waals surface area contributed by atoms with E-state index in [0.717, 1.165) is 17.1 Å². The molecule has 0 N–H and O–H groups in total. The van der Waals surface area contributed by atoms with Crippen LogP contribution in [-0.2, 0) is 10.8 Å². The molecule has 436 valence electrons. The Morgan fingerprint density at radius 1 is 0.319 bits per heavy atom. The molecule has 4 heteroatoms. The van der Waals surface area contributed by atoms with Crippen molar-refractivity contribution in [2.45, 2.75) is 52.4 Å². The second kappa shape index (κ2) is 21.8. The molecule has 14 aromatic rings. The third kappa shape index (κ3) is 9.60. The molecule has 91 heavy (non-hydrogen) atoms. The summed E-state index contributed by atoms with van der Waals surface area (Å²) in [6.07, 6.45) is 0. The van der Waals surface area contributed by atoms with E-state index in [1.807, 2.05) is 0 Å². The second-order valence-electron chi connectivity index (χ2n) is 26.9. The van der Waals surface area contributed by atoms with E-state index in [-0.39, 0.29) is 17.5 Å². The fourth-order valence-electron chi connectivity index (χ4n) is 14.6. The highest BCUT2D eigenvalue weighted by atomic mass is 15.2. The second-order valence-corrected chi connectivity index (χ2v) is 26.9. The van der Waals surface area contributed by atoms with Crippen molar-refractivity contribution < 1.29 is 0 Å². The van der Waals surface area contributed by atoms with Gasteiger partial charge in [0.1, 0.15) is 0 Å². The van der Waals surface area contributed by atoms with Gasteiger partial charge in [0.15, 0.2) is 0 Å². The third-order valence-electron chi connectivity index (χ3n) is 19.4. The zero-order chi connectivity index (χ0) is 61.7. The van der Waals surface area contributed by atoms with E-state index in [1.165, 1.54) is 144 Å². The van der Waals surface area contributed by atoms with Crippen LogP contribution in [0.15, 0.2) is 297 Å². The number of fused-ring (bicyclic) bond motifs is 7. The van der Waals surface area contributed by atoms with Gasteiger partial charge in [-0.25, -0.2) is 0 Å². The van der Waals surface area contributed by atoms with E-state index in [2.05, 4.69) is 360 Å². The smallest absolute Gasteiger partial charge is 0.252 e. The lowest BCUT2D eigenvalue weighted by molar-refractivity contribution is 0.590. The van der Waals surface area contributed by atoms with Crippen molar-refractivity contribution >= 4 is 73.3 Å². The maximum Gasteiger partial charge on any atom is 0.252 e. The standard InChI is InChI=1S/C87H70BN3/c1-86(2,3)66-46-43-63(44-47-66)74-49-48-67(87(4,5)6)54-81(74)89(7)69-55-82-84-83(56-69)91-79-34-22-21-33-75(79)76-51-65(73-32-20-18-30-71(73)62-41-37-60(38-42-62)58-25-13-9-14-26-58)53-78(85(76)91)88(84)77-52-64(45-50-80(77)90(82)68-27-15-10-16-28-68)72-31-19-17-29-70(72)61-39-35-59(36-40-61)57-23-11-8-12-24-57/h8-56H,1-7H3. The highest BCUT2D eigenvalue weighted by Gasteiger charge is 2.43. The van der Waals surface area contributed by atoms with Gasteiger partial charge in [0.25, 0.3) is 6.71 Å². The molecule has 0 fully saturated rings. The number of hydrogen-bond donors (Lipinski definition) is 0. The van der Waals surface area contributed by atoms with Gasteiger partial charge in [0.2, 0.25) is 0 Å². The van der Waals surface area contributed by atoms with Crippen LogP contribution in [0.4, 0.5) is 28.4 Å². The molecule has 2 aliphatic heterocycles. The first-order chi connectivity index (χ1) is 44.3. The van der Waals surface area contributed by atoms with E-state index in [4.69, 9.17) is 0 Å². The molecule has 0 unspecified atom stereocenters. The van der Waals surface area contributed by atoms with Crippen LogP contribution in [0.1, 0.15) is 52.7 Å². The first-order valence-corrected chi connectivity index (χ1v) is 32.1. The summed E-state index contributed by atoms with van der Waals surface area (Å²) in [5.41, 5.74) is 32.6. The first kappa shape index (κ1) is 55.6. The minimum atomic E-state index is -0.158. The Morgan fingerprint density at radius 3 is 1.36 bits per heavy atom. The molecule has 0 amide bonds. The minimum Gasteiger partial charge on any atom is -0.344 e. The fourth-order valence-corrected chi connectivity index (χ4v) is 14.6. The number of benzene rings is 13. The Hall–Kier alpha value is -10.7. The Balaban J connectivity index is 0.953. The summed E-state index contributed by atoms with van der Waals surface area (Å²) < 4.78 is 2.62. The summed E-state index contributed by atoms with van der Waals surface area (Å²) in [7, 11) is 2.28. The Labute approximate surface area is 535 Å². The molecule has 0 spiro atoms. The summed E-state index contributed by atoms with van der Waals surface area (Å²) in [6.45, 7) is 13.7. The average molecular weight is 1170 g/mol. The largest absolute Gasteiger partial charge is 0.344 e. The van der Waals surface area contributed by atoms with Crippen LogP contribution < -0.4 is 26.2 Å². The van der Waals surface area contributed by atoms with Crippen molar-refractivity contribution in [2.75, 3.05) is 16.8 Å². The predicted octanol–water partition coefficient (Wildman–Crippen LogP) is 21.4. The predicted molar refractivity (Wildman–Crippen MR) is 390 cm³/mol. The molecule has 0 aliphatic carbocycles. The van der Waals surface area contributed by atoms with Gasteiger partial charge in [-0.05, 0) is 159 Å². The summed E-state index contributed by atoms with van der Waals surface area (Å²) in [4.78, 5) is 5.02. The van der Waals surface area contributed by atoms with Gasteiger partial charge in [-0.2, -0.15) is 0 Å². The van der Waals surface area contributed by atoms with Crippen molar-refractivity contribution in [3.63, 3.8) is 0 Å². The molecular weight excluding hydrogens is 1100 g/mol. The zero-order valence-electron chi connectivity index (χ0n) is 52.7. The van der Waals surface area contributed by atoms with Gasteiger partial charge >= 0.3 is 0 Å². The number of hydrogen-bond acceptors (Lipinski definition) is 2. The topological polar surface area (TPSA) is 11.4 Å². The van der Waals surface area contributed by atoms with Crippen LogP contribution in [0.25, 0.3) is 105 Å². The first-order valence-electron chi connectivity index (χ1n) is 32.1. The molecule has 0 atom stereocenters. The molecule has 3 heterocycles. The number of nitrogens with zero attached hydrogens (tertiary/aromatic N) is 3. The molecular formula is C87H70BN3. The van der Waals surface area contributed by atoms with Crippen LogP contribution >= 0.6 is 0 Å². The lowest BCUT2D eigenvalue weighted by atomic mass is 9.33. The quantitative estimate of drug-likeness (QED) is 0.126. The summed E-state index contributed by atoms with van der Waals surface area (Å²) in [5.74, 6) is 0. The normalized spacial score (nSPS) is 12.5. The lowest BCUT2D eigenvalue weighted by Crippen LogP contribution is -2.60. The molecule has 1 aromatic heterocycles. The zero-order valence-corrected chi connectivity index (χ0v) is 52.7. The van der Waals surface area contributed by atoms with Crippen LogP contribution in [-0.4, -0.2) is 18.3 Å². The molecule has 3 nitrogen and oxygen atoms in total. The Kier molecular flexibility index (Phi) is 13.3. The molecule has 0 radical (unpaired) electrons. The lowest BCUT2D eigenvalue weighted by Gasteiger charge is -2.41. The van der Waals surface area contributed by atoms with Gasteiger partial charge in [-0.15, -0.1) is 0 Å². The summed E-state index contributed by atoms with van der Waals surface area (Å²) in [6, 6.07) is 112. The van der Waals surface area contributed by atoms with Crippen molar-refractivity contribution in [3.05, 3.63) is 308 Å². The molecule has 16 rings (SSSR count). The number of aromatic nitrogens is 1. The fraction of sp³-hybridized carbons (Fsp3) is 0.103. The maximum absolute atomic E-state index is 2.62. The van der Waals surface area contributed by atoms with Crippen LogP contribution in [0.3, 0.4) is 0 Å². The van der Waals surface area contributed by atoms with Crippen molar-refractivity contribution in [2.24, 2.45) is 0 Å². The highest BCUT2D eigenvalue weighted by molar-refractivity contribution is 7.00. The number of anilines is 5. The highest BCUT2D eigenvalue weighted by Crippen LogP contribution is 2.48. The number of rotatable bonds is 10. The molecule has 0 saturated heterocycles. The average Bonchev–Trinajstić information content (AvgIpc) is 1.65. The molecule has 0 bridgehead atoms. The Bertz CT molecular complexity index is 5110. The van der Waals surface area contributed by atoms with Gasteiger partial charge in [0.05, 0.1) is 5.52 Å². The van der Waals surface area contributed by atoms with E-state index >= 15 is 0 Å². The molecule has 13 aromatic carbocycles. The summed E-state index contributed by atoms with van der Waals surface area (Å²) in [5, 5.41) is 2.48. The van der Waals surface area contributed by atoms with Crippen molar-refractivity contribution in [1.82, 2.24) is 4.57 Å². The van der Waals surface area contributed by atoms with E-state index < -0.39 is 0 Å². The third-order valence-corrected chi connectivity index (χ3v) is 19.4. The van der Waals surface area contributed by atoms with E-state index in [9.17, 15) is 0 Å². The van der Waals surface area contributed by atoms with E-state index in [0.29, 0.717) is 0 Å². The van der Waals surface area contributed by atoms with Crippen LogP contribution in [0, 0.1) is 0 Å². The van der Waals surface area contributed by atoms with Gasteiger partial charge in [-0.1, -0.05) is 290 Å². The number of para-hydroxylation sites is 2. The Morgan fingerprint density at radius 2 is 0.769 bits per heavy atom.